The molecule has 1 N–H and O–H groups in total. The van der Waals surface area contributed by atoms with Crippen LogP contribution < -0.4 is 5.32 Å². The molecule has 7 nitrogen and oxygen atoms in total. The number of nitrogens with zero attached hydrogens (tertiary/aromatic N) is 2. The summed E-state index contributed by atoms with van der Waals surface area (Å²) in [6, 6.07) is 3.60. The molecule has 164 valence electrons. The van der Waals surface area contributed by atoms with Crippen molar-refractivity contribution in [3.8, 4) is 0 Å². The second-order valence-corrected chi connectivity index (χ2v) is 7.88. The molecule has 2 aliphatic heterocycles. The maximum absolute atomic E-state index is 13.4. The van der Waals surface area contributed by atoms with E-state index in [1.165, 1.54) is 13.8 Å². The van der Waals surface area contributed by atoms with Crippen LogP contribution in [0.5, 0.6) is 0 Å². The minimum Gasteiger partial charge on any atom is -0.419 e. The molecule has 0 aromatic heterocycles. The van der Waals surface area contributed by atoms with Gasteiger partial charge in [-0.2, -0.15) is 13.2 Å². The van der Waals surface area contributed by atoms with Crippen LogP contribution in [-0.4, -0.2) is 60.8 Å². The Morgan fingerprint density at radius 1 is 1.07 bits per heavy atom. The van der Waals surface area contributed by atoms with Gasteiger partial charge in [-0.15, -0.1) is 0 Å². The number of alkyl halides is 3. The van der Waals surface area contributed by atoms with Crippen molar-refractivity contribution in [1.29, 1.82) is 0 Å². The van der Waals surface area contributed by atoms with Crippen molar-refractivity contribution in [2.45, 2.75) is 32.4 Å². The fraction of sp³-hybridized carbons (Fsp3) is 0.500. The topological polar surface area (TPSA) is 71.1 Å². The van der Waals surface area contributed by atoms with Crippen LogP contribution in [-0.2, 0) is 31.8 Å². The summed E-state index contributed by atoms with van der Waals surface area (Å²) in [6.45, 7) is 6.38. The maximum Gasteiger partial charge on any atom is 0.416 e. The SMILES string of the molecule is CN1CCN(Cc2cc(NC=C3C(=O)OC(C)(C)OC3=O)cc(C(F)(F)F)c2)CC1. The Bertz CT molecular complexity index is 837. The van der Waals surface area contributed by atoms with Crippen LogP contribution in [0.25, 0.3) is 0 Å². The van der Waals surface area contributed by atoms with E-state index in [1.807, 2.05) is 7.05 Å². The van der Waals surface area contributed by atoms with E-state index in [9.17, 15) is 22.8 Å². The fourth-order valence-corrected chi connectivity index (χ4v) is 3.23. The van der Waals surface area contributed by atoms with E-state index >= 15 is 0 Å². The quantitative estimate of drug-likeness (QED) is 0.450. The maximum atomic E-state index is 13.4. The first-order chi connectivity index (χ1) is 13.9. The summed E-state index contributed by atoms with van der Waals surface area (Å²) in [6.07, 6.45) is -3.52. The van der Waals surface area contributed by atoms with Gasteiger partial charge in [0.1, 0.15) is 0 Å². The first-order valence-electron chi connectivity index (χ1n) is 9.48. The van der Waals surface area contributed by atoms with Crippen molar-refractivity contribution in [2.75, 3.05) is 38.5 Å². The van der Waals surface area contributed by atoms with E-state index < -0.39 is 35.0 Å². The number of hydrogen-bond donors (Lipinski definition) is 1. The van der Waals surface area contributed by atoms with E-state index in [2.05, 4.69) is 15.1 Å². The molecule has 0 unspecified atom stereocenters. The Labute approximate surface area is 172 Å². The van der Waals surface area contributed by atoms with Crippen LogP contribution in [0, 0.1) is 0 Å². The van der Waals surface area contributed by atoms with Crippen molar-refractivity contribution < 1.29 is 32.2 Å². The number of carbonyl (C=O) groups is 2. The van der Waals surface area contributed by atoms with Crippen molar-refractivity contribution in [3.63, 3.8) is 0 Å². The normalized spacial score (nSPS) is 20.5. The number of hydrogen-bond acceptors (Lipinski definition) is 7. The van der Waals surface area contributed by atoms with Gasteiger partial charge in [-0.05, 0) is 30.8 Å². The highest BCUT2D eigenvalue weighted by atomic mass is 19.4. The van der Waals surface area contributed by atoms with Gasteiger partial charge in [0.25, 0.3) is 5.79 Å². The first-order valence-corrected chi connectivity index (χ1v) is 9.48. The van der Waals surface area contributed by atoms with Crippen LogP contribution in [0.3, 0.4) is 0 Å². The van der Waals surface area contributed by atoms with Gasteiger partial charge in [0.2, 0.25) is 0 Å². The van der Waals surface area contributed by atoms with E-state index in [1.54, 1.807) is 6.07 Å². The minimum atomic E-state index is -4.53. The van der Waals surface area contributed by atoms with Gasteiger partial charge in [-0.3, -0.25) is 4.90 Å². The summed E-state index contributed by atoms with van der Waals surface area (Å²) in [4.78, 5) is 28.2. The zero-order chi connectivity index (χ0) is 22.1. The number of benzene rings is 1. The predicted octanol–water partition coefficient (Wildman–Crippen LogP) is 2.58. The van der Waals surface area contributed by atoms with Crippen molar-refractivity contribution in [2.24, 2.45) is 0 Å². The summed E-state index contributed by atoms with van der Waals surface area (Å²) in [5.74, 6) is -3.21. The number of rotatable bonds is 4. The Balaban J connectivity index is 1.81. The molecule has 2 saturated heterocycles. The zero-order valence-corrected chi connectivity index (χ0v) is 17.0. The Morgan fingerprint density at radius 3 is 2.23 bits per heavy atom. The molecule has 3 rings (SSSR count). The number of piperazine rings is 1. The number of nitrogens with one attached hydrogen (secondary N) is 1. The lowest BCUT2D eigenvalue weighted by Crippen LogP contribution is -2.43. The summed E-state index contributed by atoms with van der Waals surface area (Å²) in [5.41, 5.74) is -0.658. The molecule has 0 saturated carbocycles. The van der Waals surface area contributed by atoms with Gasteiger partial charge < -0.3 is 19.7 Å². The second kappa shape index (κ2) is 8.27. The summed E-state index contributed by atoms with van der Waals surface area (Å²) >= 11 is 0. The number of ether oxygens (including phenoxy) is 2. The lowest BCUT2D eigenvalue weighted by Gasteiger charge is -2.32. The highest BCUT2D eigenvalue weighted by Gasteiger charge is 2.39. The highest BCUT2D eigenvalue weighted by molar-refractivity contribution is 6.15. The molecule has 0 atom stereocenters. The Morgan fingerprint density at radius 2 is 1.67 bits per heavy atom. The third-order valence-corrected chi connectivity index (χ3v) is 4.82. The standard InChI is InChI=1S/C20H24F3N3O4/c1-19(2)29-17(27)16(18(28)30-19)11-24-15-9-13(8-14(10-15)20(21,22)23)12-26-6-4-25(3)5-7-26/h8-11,24H,4-7,12H2,1-3H3. The molecular formula is C20H24F3N3O4. The Kier molecular flexibility index (Phi) is 6.09. The fourth-order valence-electron chi connectivity index (χ4n) is 3.23. The van der Waals surface area contributed by atoms with Gasteiger partial charge in [0, 0.05) is 58.5 Å². The van der Waals surface area contributed by atoms with Crippen molar-refractivity contribution in [1.82, 2.24) is 9.80 Å². The molecule has 0 aliphatic carbocycles. The van der Waals surface area contributed by atoms with Gasteiger partial charge in [-0.1, -0.05) is 0 Å². The third kappa shape index (κ3) is 5.51. The van der Waals surface area contributed by atoms with E-state index in [0.717, 1.165) is 44.5 Å². The molecule has 2 heterocycles. The number of anilines is 1. The lowest BCUT2D eigenvalue weighted by atomic mass is 10.1. The molecule has 30 heavy (non-hydrogen) atoms. The molecule has 1 aromatic rings. The third-order valence-electron chi connectivity index (χ3n) is 4.82. The monoisotopic (exact) mass is 427 g/mol. The average Bonchev–Trinajstić information content (AvgIpc) is 2.61. The lowest BCUT2D eigenvalue weighted by molar-refractivity contribution is -0.222. The highest BCUT2D eigenvalue weighted by Crippen LogP contribution is 2.32. The van der Waals surface area contributed by atoms with Crippen LogP contribution in [0.1, 0.15) is 25.0 Å². The summed E-state index contributed by atoms with van der Waals surface area (Å²) in [5, 5.41) is 2.61. The minimum absolute atomic E-state index is 0.104. The largest absolute Gasteiger partial charge is 0.419 e. The molecule has 2 aliphatic rings. The molecule has 10 heteroatoms. The second-order valence-electron chi connectivity index (χ2n) is 7.88. The number of halogens is 3. The number of cyclic esters (lactones) is 2. The van der Waals surface area contributed by atoms with Crippen molar-refractivity contribution in [3.05, 3.63) is 41.1 Å². The van der Waals surface area contributed by atoms with E-state index in [-0.39, 0.29) is 5.69 Å². The number of esters is 2. The van der Waals surface area contributed by atoms with Crippen LogP contribution in [0.2, 0.25) is 0 Å². The molecule has 0 bridgehead atoms. The smallest absolute Gasteiger partial charge is 0.416 e. The van der Waals surface area contributed by atoms with Gasteiger partial charge in [-0.25, -0.2) is 9.59 Å². The zero-order valence-electron chi connectivity index (χ0n) is 17.0. The molecule has 0 spiro atoms. The van der Waals surface area contributed by atoms with E-state index in [4.69, 9.17) is 9.47 Å². The average molecular weight is 427 g/mol. The Hall–Kier alpha value is -2.59. The first kappa shape index (κ1) is 22.1. The number of carbonyl (C=O) groups excluding carboxylic acids is 2. The van der Waals surface area contributed by atoms with Crippen LogP contribution in [0.15, 0.2) is 30.0 Å². The molecular weight excluding hydrogens is 403 g/mol. The summed E-state index contributed by atoms with van der Waals surface area (Å²) < 4.78 is 50.1. The predicted molar refractivity (Wildman–Crippen MR) is 102 cm³/mol. The van der Waals surface area contributed by atoms with Gasteiger partial charge >= 0.3 is 18.1 Å². The van der Waals surface area contributed by atoms with Gasteiger partial charge in [0.05, 0.1) is 5.56 Å². The molecule has 0 radical (unpaired) electrons. The number of likely N-dealkylation sites (N-methyl/N-ethyl adjacent to an activating group) is 1. The van der Waals surface area contributed by atoms with Gasteiger partial charge in [0.15, 0.2) is 5.57 Å². The summed E-state index contributed by atoms with van der Waals surface area (Å²) in [7, 11) is 2.00. The van der Waals surface area contributed by atoms with Crippen LogP contribution in [0.4, 0.5) is 18.9 Å². The molecule has 2 fully saturated rings. The van der Waals surface area contributed by atoms with Crippen molar-refractivity contribution >= 4 is 17.6 Å². The molecule has 0 amide bonds. The van der Waals surface area contributed by atoms with Crippen LogP contribution >= 0.6 is 0 Å². The molecule has 1 aromatic carbocycles. The van der Waals surface area contributed by atoms with E-state index in [0.29, 0.717) is 12.1 Å².